The standard InChI is InChI=1S/C14H21FN2O3S/c1-16-7-3-4-12(9-16)17(2)21(19,20)14-8-11(10-18)5-6-13(14)15/h5-6,8,12,18H,3-4,7,9-10H2,1-2H3. The van der Waals surface area contributed by atoms with E-state index in [9.17, 15) is 12.8 Å². The third-order valence-corrected chi connectivity index (χ3v) is 5.87. The number of nitrogens with zero attached hydrogens (tertiary/aromatic N) is 2. The van der Waals surface area contributed by atoms with Gasteiger partial charge in [-0.3, -0.25) is 0 Å². The van der Waals surface area contributed by atoms with Gasteiger partial charge in [0.1, 0.15) is 10.7 Å². The van der Waals surface area contributed by atoms with Crippen LogP contribution in [0.2, 0.25) is 0 Å². The van der Waals surface area contributed by atoms with Crippen LogP contribution in [-0.4, -0.2) is 56.0 Å². The third kappa shape index (κ3) is 3.42. The average Bonchev–Trinajstić information content (AvgIpc) is 2.46. The molecule has 5 nitrogen and oxygen atoms in total. The lowest BCUT2D eigenvalue weighted by Gasteiger charge is -2.35. The topological polar surface area (TPSA) is 60.9 Å². The molecule has 21 heavy (non-hydrogen) atoms. The molecule has 0 saturated carbocycles. The van der Waals surface area contributed by atoms with Gasteiger partial charge in [0.05, 0.1) is 6.61 Å². The van der Waals surface area contributed by atoms with Crippen molar-refractivity contribution in [2.75, 3.05) is 27.2 Å². The molecule has 0 amide bonds. The maximum absolute atomic E-state index is 13.9. The molecule has 1 aliphatic rings. The minimum absolute atomic E-state index is 0.161. The Morgan fingerprint density at radius 2 is 2.19 bits per heavy atom. The highest BCUT2D eigenvalue weighted by atomic mass is 32.2. The Balaban J connectivity index is 2.32. The number of aliphatic hydroxyl groups excluding tert-OH is 1. The van der Waals surface area contributed by atoms with Crippen LogP contribution in [0, 0.1) is 5.82 Å². The highest BCUT2D eigenvalue weighted by molar-refractivity contribution is 7.89. The summed E-state index contributed by atoms with van der Waals surface area (Å²) in [6, 6.07) is 3.50. The summed E-state index contributed by atoms with van der Waals surface area (Å²) in [7, 11) is -0.470. The molecule has 2 rings (SSSR count). The third-order valence-electron chi connectivity index (χ3n) is 3.95. The molecule has 1 fully saturated rings. The molecule has 0 radical (unpaired) electrons. The number of hydrogen-bond donors (Lipinski definition) is 1. The van der Waals surface area contributed by atoms with Gasteiger partial charge < -0.3 is 10.0 Å². The van der Waals surface area contributed by atoms with Gasteiger partial charge in [-0.1, -0.05) is 6.07 Å². The molecule has 1 N–H and O–H groups in total. The fourth-order valence-corrected chi connectivity index (χ4v) is 4.12. The van der Waals surface area contributed by atoms with Gasteiger partial charge in [0.2, 0.25) is 10.0 Å². The van der Waals surface area contributed by atoms with Crippen molar-refractivity contribution in [3.63, 3.8) is 0 Å². The highest BCUT2D eigenvalue weighted by Crippen LogP contribution is 2.24. The number of rotatable bonds is 4. The maximum atomic E-state index is 13.9. The minimum atomic E-state index is -3.90. The van der Waals surface area contributed by atoms with Gasteiger partial charge in [0, 0.05) is 19.6 Å². The molecule has 0 bridgehead atoms. The van der Waals surface area contributed by atoms with Crippen LogP contribution in [0.25, 0.3) is 0 Å². The van der Waals surface area contributed by atoms with Crippen LogP contribution < -0.4 is 0 Å². The van der Waals surface area contributed by atoms with E-state index in [1.165, 1.54) is 23.5 Å². The summed E-state index contributed by atoms with van der Waals surface area (Å²) in [6.07, 6.45) is 1.68. The van der Waals surface area contributed by atoms with E-state index in [4.69, 9.17) is 5.11 Å². The summed E-state index contributed by atoms with van der Waals surface area (Å²) in [5, 5.41) is 9.10. The molecular weight excluding hydrogens is 295 g/mol. The van der Waals surface area contributed by atoms with Crippen LogP contribution in [-0.2, 0) is 16.6 Å². The number of likely N-dealkylation sites (N-methyl/N-ethyl adjacent to an activating group) is 2. The predicted octanol–water partition coefficient (Wildman–Crippen LogP) is 1.03. The molecule has 1 aromatic carbocycles. The summed E-state index contributed by atoms with van der Waals surface area (Å²) in [4.78, 5) is 1.70. The van der Waals surface area contributed by atoms with E-state index < -0.39 is 15.8 Å². The van der Waals surface area contributed by atoms with E-state index in [2.05, 4.69) is 4.90 Å². The molecule has 1 aromatic rings. The maximum Gasteiger partial charge on any atom is 0.246 e. The first kappa shape index (κ1) is 16.4. The van der Waals surface area contributed by atoms with Crippen LogP contribution in [0.4, 0.5) is 4.39 Å². The largest absolute Gasteiger partial charge is 0.392 e. The van der Waals surface area contributed by atoms with Gasteiger partial charge in [-0.2, -0.15) is 4.31 Å². The fourth-order valence-electron chi connectivity index (χ4n) is 2.63. The average molecular weight is 316 g/mol. The zero-order chi connectivity index (χ0) is 15.6. The lowest BCUT2D eigenvalue weighted by Crippen LogP contribution is -2.47. The van der Waals surface area contributed by atoms with Crippen molar-refractivity contribution in [2.24, 2.45) is 0 Å². The normalized spacial score (nSPS) is 20.9. The molecular formula is C14H21FN2O3S. The summed E-state index contributed by atoms with van der Waals surface area (Å²) in [5.41, 5.74) is 0.379. The number of halogens is 1. The lowest BCUT2D eigenvalue weighted by molar-refractivity contribution is 0.187. The Morgan fingerprint density at radius 1 is 1.48 bits per heavy atom. The summed E-state index contributed by atoms with van der Waals surface area (Å²) >= 11 is 0. The Hall–Kier alpha value is -1.02. The van der Waals surface area contributed by atoms with Crippen LogP contribution >= 0.6 is 0 Å². The number of benzene rings is 1. The van der Waals surface area contributed by atoms with Crippen LogP contribution in [0.3, 0.4) is 0 Å². The summed E-state index contributed by atoms with van der Waals surface area (Å²) < 4.78 is 40.4. The van der Waals surface area contributed by atoms with E-state index in [0.717, 1.165) is 25.5 Å². The number of piperidine rings is 1. The zero-order valence-corrected chi connectivity index (χ0v) is 13.1. The molecule has 7 heteroatoms. The summed E-state index contributed by atoms with van der Waals surface area (Å²) in [6.45, 7) is 1.26. The number of hydrogen-bond acceptors (Lipinski definition) is 4. The van der Waals surface area contributed by atoms with Gasteiger partial charge >= 0.3 is 0 Å². The summed E-state index contributed by atoms with van der Waals surface area (Å²) in [5.74, 6) is -0.789. The van der Waals surface area contributed by atoms with E-state index in [-0.39, 0.29) is 17.5 Å². The first-order valence-corrected chi connectivity index (χ1v) is 8.36. The lowest BCUT2D eigenvalue weighted by atomic mass is 10.1. The molecule has 1 saturated heterocycles. The van der Waals surface area contributed by atoms with Crippen molar-refractivity contribution in [3.8, 4) is 0 Å². The first-order valence-electron chi connectivity index (χ1n) is 6.92. The van der Waals surface area contributed by atoms with Gasteiger partial charge in [0.25, 0.3) is 0 Å². The monoisotopic (exact) mass is 316 g/mol. The van der Waals surface area contributed by atoms with Crippen LogP contribution in [0.15, 0.2) is 23.1 Å². The quantitative estimate of drug-likeness (QED) is 0.901. The number of likely N-dealkylation sites (tertiary alicyclic amines) is 1. The second-order valence-corrected chi connectivity index (χ2v) is 7.47. The zero-order valence-electron chi connectivity index (χ0n) is 12.3. The van der Waals surface area contributed by atoms with Gasteiger partial charge in [-0.25, -0.2) is 12.8 Å². The predicted molar refractivity (Wildman–Crippen MR) is 77.8 cm³/mol. The van der Waals surface area contributed by atoms with Gasteiger partial charge in [-0.15, -0.1) is 0 Å². The second-order valence-electron chi connectivity index (χ2n) is 5.50. The van der Waals surface area contributed by atoms with Gasteiger partial charge in [-0.05, 0) is 44.1 Å². The minimum Gasteiger partial charge on any atom is -0.392 e. The molecule has 1 heterocycles. The molecule has 1 unspecified atom stereocenters. The molecule has 118 valence electrons. The molecule has 0 aliphatic carbocycles. The van der Waals surface area contributed by atoms with Crippen LogP contribution in [0.5, 0.6) is 0 Å². The SMILES string of the molecule is CN1CCCC(N(C)S(=O)(=O)c2cc(CO)ccc2F)C1. The first-order chi connectivity index (χ1) is 9.86. The Kier molecular flexibility index (Phi) is 4.98. The Morgan fingerprint density at radius 3 is 2.81 bits per heavy atom. The van der Waals surface area contributed by atoms with Crippen molar-refractivity contribution in [2.45, 2.75) is 30.4 Å². The van der Waals surface area contributed by atoms with Crippen molar-refractivity contribution >= 4 is 10.0 Å². The fraction of sp³-hybridized carbons (Fsp3) is 0.571. The Labute approximate surface area is 125 Å². The van der Waals surface area contributed by atoms with Crippen molar-refractivity contribution < 1.29 is 17.9 Å². The van der Waals surface area contributed by atoms with E-state index in [1.54, 1.807) is 0 Å². The van der Waals surface area contributed by atoms with E-state index >= 15 is 0 Å². The van der Waals surface area contributed by atoms with E-state index in [0.29, 0.717) is 12.1 Å². The Bertz CT molecular complexity index is 606. The van der Waals surface area contributed by atoms with Crippen molar-refractivity contribution in [1.29, 1.82) is 0 Å². The number of aliphatic hydroxyl groups is 1. The number of sulfonamides is 1. The molecule has 1 atom stereocenters. The van der Waals surface area contributed by atoms with Gasteiger partial charge in [0.15, 0.2) is 0 Å². The smallest absolute Gasteiger partial charge is 0.246 e. The van der Waals surface area contributed by atoms with Crippen molar-refractivity contribution in [1.82, 2.24) is 9.21 Å². The van der Waals surface area contributed by atoms with Crippen LogP contribution in [0.1, 0.15) is 18.4 Å². The molecule has 0 spiro atoms. The second kappa shape index (κ2) is 6.39. The highest BCUT2D eigenvalue weighted by Gasteiger charge is 2.32. The molecule has 1 aliphatic heterocycles. The van der Waals surface area contributed by atoms with E-state index in [1.807, 2.05) is 7.05 Å². The molecule has 0 aromatic heterocycles. The van der Waals surface area contributed by atoms with Crippen molar-refractivity contribution in [3.05, 3.63) is 29.6 Å².